The summed E-state index contributed by atoms with van der Waals surface area (Å²) in [6, 6.07) is 9.36. The number of pyridine rings is 1. The molecule has 1 unspecified atom stereocenters. The first kappa shape index (κ1) is 13.4. The van der Waals surface area contributed by atoms with E-state index in [1.807, 2.05) is 24.3 Å². The molecule has 0 saturated carbocycles. The minimum absolute atomic E-state index is 0.197. The summed E-state index contributed by atoms with van der Waals surface area (Å²) in [5, 5.41) is 10.3. The molecular formula is C15H14BrNO3. The fourth-order valence-electron chi connectivity index (χ4n) is 2.33. The minimum atomic E-state index is -0.539. The van der Waals surface area contributed by atoms with Crippen molar-refractivity contribution < 1.29 is 14.6 Å². The van der Waals surface area contributed by atoms with Crippen LogP contribution in [0.2, 0.25) is 0 Å². The molecule has 1 aromatic heterocycles. The lowest BCUT2D eigenvalue weighted by Crippen LogP contribution is -2.19. The summed E-state index contributed by atoms with van der Waals surface area (Å²) in [4.78, 5) is 4.18. The standard InChI is InChI=1S/C15H14BrNO3/c1-19-15-5-2-9(8-17-15)14-7-12(18)11-6-10(16)3-4-13(11)20-14/h2-6,8,12,14,18H,7H2,1H3/t12-,14?/m1/s1. The summed E-state index contributed by atoms with van der Waals surface area (Å²) in [6.07, 6.45) is 1.50. The monoisotopic (exact) mass is 335 g/mol. The maximum atomic E-state index is 10.3. The first-order chi connectivity index (χ1) is 9.67. The molecule has 0 saturated heterocycles. The van der Waals surface area contributed by atoms with E-state index in [4.69, 9.17) is 9.47 Å². The van der Waals surface area contributed by atoms with E-state index in [-0.39, 0.29) is 6.10 Å². The average molecular weight is 336 g/mol. The molecule has 20 heavy (non-hydrogen) atoms. The van der Waals surface area contributed by atoms with Crippen LogP contribution in [-0.2, 0) is 0 Å². The fourth-order valence-corrected chi connectivity index (χ4v) is 2.70. The molecule has 0 fully saturated rings. The van der Waals surface area contributed by atoms with Crippen molar-refractivity contribution in [2.24, 2.45) is 0 Å². The molecule has 1 aliphatic heterocycles. The predicted octanol–water partition coefficient (Wildman–Crippen LogP) is 3.41. The second-order valence-corrected chi connectivity index (χ2v) is 5.59. The normalized spacial score (nSPS) is 20.9. The van der Waals surface area contributed by atoms with Crippen LogP contribution in [0.3, 0.4) is 0 Å². The third-order valence-corrected chi connectivity index (χ3v) is 3.87. The van der Waals surface area contributed by atoms with E-state index in [2.05, 4.69) is 20.9 Å². The van der Waals surface area contributed by atoms with Gasteiger partial charge in [-0.25, -0.2) is 4.98 Å². The first-order valence-electron chi connectivity index (χ1n) is 6.31. The minimum Gasteiger partial charge on any atom is -0.485 e. The largest absolute Gasteiger partial charge is 0.485 e. The highest BCUT2D eigenvalue weighted by atomic mass is 79.9. The van der Waals surface area contributed by atoms with Gasteiger partial charge in [0.2, 0.25) is 5.88 Å². The Kier molecular flexibility index (Phi) is 3.63. The lowest BCUT2D eigenvalue weighted by atomic mass is 9.96. The van der Waals surface area contributed by atoms with Gasteiger partial charge in [-0.15, -0.1) is 0 Å². The van der Waals surface area contributed by atoms with Crippen molar-refractivity contribution in [3.63, 3.8) is 0 Å². The van der Waals surface area contributed by atoms with Gasteiger partial charge in [0.1, 0.15) is 11.9 Å². The van der Waals surface area contributed by atoms with Gasteiger partial charge in [0.15, 0.2) is 0 Å². The molecule has 1 aliphatic rings. The second-order valence-electron chi connectivity index (χ2n) is 4.67. The Morgan fingerprint density at radius 3 is 2.90 bits per heavy atom. The molecule has 0 amide bonds. The molecular weight excluding hydrogens is 322 g/mol. The first-order valence-corrected chi connectivity index (χ1v) is 7.11. The number of aliphatic hydroxyl groups is 1. The van der Waals surface area contributed by atoms with Gasteiger partial charge in [0.25, 0.3) is 0 Å². The van der Waals surface area contributed by atoms with Gasteiger partial charge in [-0.05, 0) is 24.3 Å². The Balaban J connectivity index is 1.88. The van der Waals surface area contributed by atoms with Crippen LogP contribution in [0.25, 0.3) is 0 Å². The van der Waals surface area contributed by atoms with Crippen LogP contribution < -0.4 is 9.47 Å². The molecule has 5 heteroatoms. The lowest BCUT2D eigenvalue weighted by molar-refractivity contribution is 0.0655. The number of hydrogen-bond donors (Lipinski definition) is 1. The predicted molar refractivity (Wildman–Crippen MR) is 77.9 cm³/mol. The highest BCUT2D eigenvalue weighted by Gasteiger charge is 2.28. The number of nitrogens with zero attached hydrogens (tertiary/aromatic N) is 1. The van der Waals surface area contributed by atoms with Crippen LogP contribution in [0.4, 0.5) is 0 Å². The zero-order valence-corrected chi connectivity index (χ0v) is 12.5. The Labute approximate surface area is 125 Å². The van der Waals surface area contributed by atoms with E-state index >= 15 is 0 Å². The number of halogens is 1. The molecule has 0 aliphatic carbocycles. The topological polar surface area (TPSA) is 51.6 Å². The van der Waals surface area contributed by atoms with Crippen molar-refractivity contribution in [1.29, 1.82) is 0 Å². The summed E-state index contributed by atoms with van der Waals surface area (Å²) in [5.41, 5.74) is 1.75. The summed E-state index contributed by atoms with van der Waals surface area (Å²) in [6.45, 7) is 0. The molecule has 1 N–H and O–H groups in total. The Morgan fingerprint density at radius 2 is 2.20 bits per heavy atom. The molecule has 104 valence electrons. The Morgan fingerprint density at radius 1 is 1.35 bits per heavy atom. The highest BCUT2D eigenvalue weighted by Crippen LogP contribution is 2.41. The number of rotatable bonds is 2. The molecule has 2 heterocycles. The van der Waals surface area contributed by atoms with Crippen molar-refractivity contribution in [2.75, 3.05) is 7.11 Å². The molecule has 4 nitrogen and oxygen atoms in total. The van der Waals surface area contributed by atoms with Gasteiger partial charge in [-0.3, -0.25) is 0 Å². The number of ether oxygens (including phenoxy) is 2. The molecule has 0 bridgehead atoms. The quantitative estimate of drug-likeness (QED) is 0.913. The lowest BCUT2D eigenvalue weighted by Gasteiger charge is -2.29. The third-order valence-electron chi connectivity index (χ3n) is 3.38. The number of hydrogen-bond acceptors (Lipinski definition) is 4. The van der Waals surface area contributed by atoms with E-state index in [1.165, 1.54) is 0 Å². The Bertz CT molecular complexity index is 615. The summed E-state index contributed by atoms with van der Waals surface area (Å²) in [5.74, 6) is 1.28. The number of benzene rings is 1. The molecule has 2 aromatic rings. The number of aromatic nitrogens is 1. The average Bonchev–Trinajstić information content (AvgIpc) is 2.48. The van der Waals surface area contributed by atoms with Gasteiger partial charge in [-0.2, -0.15) is 0 Å². The summed E-state index contributed by atoms with van der Waals surface area (Å²) in [7, 11) is 1.58. The van der Waals surface area contributed by atoms with Gasteiger partial charge < -0.3 is 14.6 Å². The van der Waals surface area contributed by atoms with Crippen LogP contribution >= 0.6 is 15.9 Å². The molecule has 3 rings (SSSR count). The van der Waals surface area contributed by atoms with Gasteiger partial charge >= 0.3 is 0 Å². The van der Waals surface area contributed by atoms with Crippen molar-refractivity contribution in [3.8, 4) is 11.6 Å². The summed E-state index contributed by atoms with van der Waals surface area (Å²) < 4.78 is 11.9. The van der Waals surface area contributed by atoms with Crippen LogP contribution in [-0.4, -0.2) is 17.2 Å². The third kappa shape index (κ3) is 2.51. The zero-order chi connectivity index (χ0) is 14.1. The van der Waals surface area contributed by atoms with Crippen molar-refractivity contribution in [2.45, 2.75) is 18.6 Å². The van der Waals surface area contributed by atoms with Crippen molar-refractivity contribution in [3.05, 3.63) is 52.1 Å². The number of methoxy groups -OCH3 is 1. The molecule has 0 radical (unpaired) electrons. The second kappa shape index (κ2) is 5.42. The van der Waals surface area contributed by atoms with Gasteiger partial charge in [0.05, 0.1) is 13.2 Å². The van der Waals surface area contributed by atoms with E-state index in [0.29, 0.717) is 18.1 Å². The van der Waals surface area contributed by atoms with Crippen LogP contribution in [0.5, 0.6) is 11.6 Å². The Hall–Kier alpha value is -1.59. The van der Waals surface area contributed by atoms with Crippen molar-refractivity contribution in [1.82, 2.24) is 4.98 Å². The van der Waals surface area contributed by atoms with E-state index in [9.17, 15) is 5.11 Å². The van der Waals surface area contributed by atoms with E-state index in [1.54, 1.807) is 19.4 Å². The highest BCUT2D eigenvalue weighted by molar-refractivity contribution is 9.10. The maximum absolute atomic E-state index is 10.3. The molecule has 0 spiro atoms. The van der Waals surface area contributed by atoms with E-state index < -0.39 is 6.10 Å². The molecule has 2 atom stereocenters. The molecule has 1 aromatic carbocycles. The van der Waals surface area contributed by atoms with Crippen LogP contribution in [0, 0.1) is 0 Å². The summed E-state index contributed by atoms with van der Waals surface area (Å²) >= 11 is 3.40. The van der Waals surface area contributed by atoms with Crippen LogP contribution in [0.1, 0.15) is 29.8 Å². The SMILES string of the molecule is COc1ccc(C2C[C@@H](O)c3cc(Br)ccc3O2)cn1. The van der Waals surface area contributed by atoms with Gasteiger partial charge in [-0.1, -0.05) is 15.9 Å². The van der Waals surface area contributed by atoms with Gasteiger partial charge in [0, 0.05) is 34.3 Å². The smallest absolute Gasteiger partial charge is 0.212 e. The van der Waals surface area contributed by atoms with Crippen molar-refractivity contribution >= 4 is 15.9 Å². The van der Waals surface area contributed by atoms with E-state index in [0.717, 1.165) is 15.6 Å². The number of aliphatic hydroxyl groups excluding tert-OH is 1. The number of fused-ring (bicyclic) bond motifs is 1. The zero-order valence-electron chi connectivity index (χ0n) is 10.9. The fraction of sp³-hybridized carbons (Fsp3) is 0.267. The van der Waals surface area contributed by atoms with Crippen LogP contribution in [0.15, 0.2) is 41.0 Å². The maximum Gasteiger partial charge on any atom is 0.212 e.